The first-order valence-corrected chi connectivity index (χ1v) is 13.3. The van der Waals surface area contributed by atoms with Gasteiger partial charge in [0.25, 0.3) is 0 Å². The van der Waals surface area contributed by atoms with E-state index in [0.717, 1.165) is 5.56 Å². The average Bonchev–Trinajstić information content (AvgIpc) is 3.36. The molecule has 0 bridgehead atoms. The summed E-state index contributed by atoms with van der Waals surface area (Å²) in [5.41, 5.74) is 2.10. The lowest BCUT2D eigenvalue weighted by Crippen LogP contribution is -2.56. The van der Waals surface area contributed by atoms with Crippen molar-refractivity contribution in [2.24, 2.45) is 5.92 Å². The second kappa shape index (κ2) is 12.5. The molecule has 0 spiro atoms. The van der Waals surface area contributed by atoms with Crippen molar-refractivity contribution in [3.8, 4) is 17.2 Å². The number of aldehydes is 1. The van der Waals surface area contributed by atoms with Crippen LogP contribution in [0.4, 0.5) is 0 Å². The summed E-state index contributed by atoms with van der Waals surface area (Å²) in [6.45, 7) is 3.61. The third-order valence-corrected chi connectivity index (χ3v) is 7.32. The van der Waals surface area contributed by atoms with Gasteiger partial charge in [-0.3, -0.25) is 14.4 Å². The molecule has 2 aliphatic rings. The molecule has 0 fully saturated rings. The van der Waals surface area contributed by atoms with Crippen LogP contribution < -0.4 is 19.5 Å². The molecule has 1 heterocycles. The predicted octanol–water partition coefficient (Wildman–Crippen LogP) is 1.87. The lowest BCUT2D eigenvalue weighted by atomic mass is 9.77. The van der Waals surface area contributed by atoms with Crippen molar-refractivity contribution in [3.63, 3.8) is 0 Å². The van der Waals surface area contributed by atoms with E-state index in [1.54, 1.807) is 38.0 Å². The van der Waals surface area contributed by atoms with Crippen molar-refractivity contribution in [1.29, 1.82) is 0 Å². The summed E-state index contributed by atoms with van der Waals surface area (Å²) in [7, 11) is 3.03. The molecule has 3 N–H and O–H groups in total. The van der Waals surface area contributed by atoms with E-state index in [2.05, 4.69) is 5.32 Å². The molecule has 2 aromatic rings. The molecule has 0 radical (unpaired) electrons. The number of aliphatic hydroxyl groups excluding tert-OH is 2. The van der Waals surface area contributed by atoms with E-state index in [1.807, 2.05) is 24.3 Å². The highest BCUT2D eigenvalue weighted by molar-refractivity contribution is 5.96. The number of hydrogen-bond acceptors (Lipinski definition) is 8. The van der Waals surface area contributed by atoms with Crippen LogP contribution in [-0.4, -0.2) is 85.4 Å². The van der Waals surface area contributed by atoms with Crippen LogP contribution in [0.1, 0.15) is 41.3 Å². The van der Waals surface area contributed by atoms with E-state index >= 15 is 0 Å². The van der Waals surface area contributed by atoms with Gasteiger partial charge in [-0.2, -0.15) is 0 Å². The van der Waals surface area contributed by atoms with Crippen molar-refractivity contribution in [3.05, 3.63) is 64.7 Å². The van der Waals surface area contributed by atoms with Crippen LogP contribution in [0.3, 0.4) is 0 Å². The van der Waals surface area contributed by atoms with Gasteiger partial charge in [0.15, 0.2) is 11.5 Å². The Morgan fingerprint density at radius 1 is 1.18 bits per heavy atom. The van der Waals surface area contributed by atoms with E-state index in [1.165, 1.54) is 13.2 Å². The van der Waals surface area contributed by atoms with Gasteiger partial charge in [-0.05, 0) is 42.3 Å². The average molecular weight is 553 g/mol. The Balaban J connectivity index is 1.77. The Morgan fingerprint density at radius 2 is 1.95 bits per heavy atom. The summed E-state index contributed by atoms with van der Waals surface area (Å²) >= 11 is 0. The monoisotopic (exact) mass is 552 g/mol. The first-order chi connectivity index (χ1) is 19.2. The topological polar surface area (TPSA) is 135 Å². The summed E-state index contributed by atoms with van der Waals surface area (Å²) in [6.07, 6.45) is 0.668. The van der Waals surface area contributed by atoms with Gasteiger partial charge >= 0.3 is 0 Å². The van der Waals surface area contributed by atoms with Gasteiger partial charge in [-0.25, -0.2) is 0 Å². The number of amides is 2. The van der Waals surface area contributed by atoms with Gasteiger partial charge < -0.3 is 34.6 Å². The fourth-order valence-corrected chi connectivity index (χ4v) is 5.37. The van der Waals surface area contributed by atoms with E-state index in [9.17, 15) is 24.6 Å². The van der Waals surface area contributed by atoms with Gasteiger partial charge in [0, 0.05) is 35.7 Å². The lowest BCUT2D eigenvalue weighted by molar-refractivity contribution is -0.140. The first-order valence-electron chi connectivity index (χ1n) is 13.3. The molecule has 4 atom stereocenters. The maximum Gasteiger partial charge on any atom is 0.247 e. The third kappa shape index (κ3) is 5.68. The number of methoxy groups -OCH3 is 2. The van der Waals surface area contributed by atoms with Crippen molar-refractivity contribution in [2.45, 2.75) is 44.4 Å². The van der Waals surface area contributed by atoms with Crippen LogP contribution in [0, 0.1) is 5.92 Å². The summed E-state index contributed by atoms with van der Waals surface area (Å²) in [5.74, 6) is -0.396. The molecule has 0 saturated carbocycles. The predicted molar refractivity (Wildman–Crippen MR) is 147 cm³/mol. The maximum absolute atomic E-state index is 13.5. The zero-order valence-corrected chi connectivity index (χ0v) is 23.1. The van der Waals surface area contributed by atoms with Crippen LogP contribution >= 0.6 is 0 Å². The van der Waals surface area contributed by atoms with E-state index in [4.69, 9.17) is 14.2 Å². The number of carbonyl (C=O) groups excluding carboxylic acids is 3. The molecule has 2 amide bonds. The molecule has 40 heavy (non-hydrogen) atoms. The number of carbonyl (C=O) groups is 3. The molecule has 0 saturated heterocycles. The number of ether oxygens (including phenoxy) is 3. The summed E-state index contributed by atoms with van der Waals surface area (Å²) in [6, 6.07) is 9.82. The Bertz CT molecular complexity index is 1290. The van der Waals surface area contributed by atoms with Crippen molar-refractivity contribution >= 4 is 18.1 Å². The molecular weight excluding hydrogens is 516 g/mol. The van der Waals surface area contributed by atoms with Crippen molar-refractivity contribution in [2.75, 3.05) is 33.9 Å². The van der Waals surface area contributed by atoms with Crippen LogP contribution in [-0.2, 0) is 16.0 Å². The largest absolute Gasteiger partial charge is 0.497 e. The lowest BCUT2D eigenvalue weighted by Gasteiger charge is -2.41. The molecule has 0 aromatic heterocycles. The number of rotatable bonds is 11. The van der Waals surface area contributed by atoms with Crippen LogP contribution in [0.25, 0.3) is 0 Å². The zero-order chi connectivity index (χ0) is 29.0. The van der Waals surface area contributed by atoms with E-state index in [0.29, 0.717) is 41.1 Å². The first kappa shape index (κ1) is 29.1. The van der Waals surface area contributed by atoms with E-state index in [-0.39, 0.29) is 37.1 Å². The quantitative estimate of drug-likeness (QED) is 0.360. The minimum atomic E-state index is -1.19. The van der Waals surface area contributed by atoms with Crippen molar-refractivity contribution in [1.82, 2.24) is 10.2 Å². The van der Waals surface area contributed by atoms with Gasteiger partial charge in [0.1, 0.15) is 24.2 Å². The Labute approximate surface area is 233 Å². The normalized spacial score (nSPS) is 21.0. The molecule has 4 unspecified atom stereocenters. The molecule has 2 aromatic carbocycles. The summed E-state index contributed by atoms with van der Waals surface area (Å²) < 4.78 is 17.0. The van der Waals surface area contributed by atoms with Gasteiger partial charge in [-0.15, -0.1) is 0 Å². The summed E-state index contributed by atoms with van der Waals surface area (Å²) in [5, 5.41) is 23.7. The molecular formula is C30H36N2O8. The highest BCUT2D eigenvalue weighted by Crippen LogP contribution is 2.51. The van der Waals surface area contributed by atoms with Crippen LogP contribution in [0.2, 0.25) is 0 Å². The second-order valence-electron chi connectivity index (χ2n) is 10.2. The Morgan fingerprint density at radius 3 is 2.60 bits per heavy atom. The van der Waals surface area contributed by atoms with Crippen LogP contribution in [0.15, 0.2) is 48.0 Å². The Kier molecular flexibility index (Phi) is 9.11. The standard InChI is InChI=1S/C30H36N2O8/c1-17(2)30(37)32(10-8-18-6-5-7-20(12-18)38-3)23-15-22(29(36)31-9-11-33)25-21-13-19(16-34)14-24(39-4)27(21)40-28(25)26(23)35/h5-7,12-17,23,25-26,28,33,35H,8-11H2,1-4H3,(H,31,36). The number of benzene rings is 2. The minimum Gasteiger partial charge on any atom is -0.497 e. The van der Waals surface area contributed by atoms with E-state index < -0.39 is 30.1 Å². The maximum atomic E-state index is 13.5. The number of hydrogen-bond donors (Lipinski definition) is 3. The smallest absolute Gasteiger partial charge is 0.247 e. The van der Waals surface area contributed by atoms with Crippen molar-refractivity contribution < 1.29 is 38.8 Å². The summed E-state index contributed by atoms with van der Waals surface area (Å²) in [4.78, 5) is 40.1. The number of fused-ring (bicyclic) bond motifs is 3. The SMILES string of the molecule is COc1cccc(CCN(C(=O)C(C)C)C2C=C(C(=O)NCCO)C3c4cc(C=O)cc(OC)c4OC3C2O)c1. The third-order valence-electron chi connectivity index (χ3n) is 7.32. The number of aliphatic hydroxyl groups is 2. The second-order valence-corrected chi connectivity index (χ2v) is 10.2. The molecule has 10 heteroatoms. The highest BCUT2D eigenvalue weighted by Gasteiger charge is 2.51. The van der Waals surface area contributed by atoms with Crippen LogP contribution in [0.5, 0.6) is 17.2 Å². The van der Waals surface area contributed by atoms with Gasteiger partial charge in [-0.1, -0.05) is 26.0 Å². The molecule has 10 nitrogen and oxygen atoms in total. The molecule has 4 rings (SSSR count). The minimum absolute atomic E-state index is 0.0245. The van der Waals surface area contributed by atoms with Gasteiger partial charge in [0.2, 0.25) is 11.8 Å². The fraction of sp³-hybridized carbons (Fsp3) is 0.433. The zero-order valence-electron chi connectivity index (χ0n) is 23.1. The molecule has 1 aliphatic heterocycles. The number of nitrogens with zero attached hydrogens (tertiary/aromatic N) is 1. The fourth-order valence-electron chi connectivity index (χ4n) is 5.37. The Hall–Kier alpha value is -3.89. The highest BCUT2D eigenvalue weighted by atomic mass is 16.5. The number of nitrogens with one attached hydrogen (secondary N) is 1. The molecule has 214 valence electrons. The molecule has 1 aliphatic carbocycles. The van der Waals surface area contributed by atoms with Gasteiger partial charge in [0.05, 0.1) is 32.8 Å².